The maximum absolute atomic E-state index is 12.7. The van der Waals surface area contributed by atoms with Crippen LogP contribution in [0.4, 0.5) is 0 Å². The van der Waals surface area contributed by atoms with E-state index in [4.69, 9.17) is 0 Å². The van der Waals surface area contributed by atoms with Crippen LogP contribution < -0.4 is 10.9 Å². The number of pyridine rings is 1. The molecule has 4 nitrogen and oxygen atoms in total. The Hall–Kier alpha value is -1.88. The number of carbonyl (C=O) groups excluding carboxylic acids is 1. The van der Waals surface area contributed by atoms with Crippen LogP contribution in [0.1, 0.15) is 42.7 Å². The van der Waals surface area contributed by atoms with Gasteiger partial charge < -0.3 is 10.3 Å². The van der Waals surface area contributed by atoms with Gasteiger partial charge in [0, 0.05) is 22.3 Å². The van der Waals surface area contributed by atoms with Gasteiger partial charge in [-0.25, -0.2) is 0 Å². The molecule has 1 aliphatic carbocycles. The summed E-state index contributed by atoms with van der Waals surface area (Å²) in [7, 11) is 0. The topological polar surface area (TPSA) is 62.0 Å². The number of hydrogen-bond donors (Lipinski definition) is 2. The Bertz CT molecular complexity index is 840. The normalized spacial score (nSPS) is 13.6. The second-order valence-electron chi connectivity index (χ2n) is 6.77. The smallest absolute Gasteiger partial charge is 0.253 e. The number of H-pyrrole nitrogens is 1. The quantitative estimate of drug-likeness (QED) is 0.844. The van der Waals surface area contributed by atoms with E-state index in [0.29, 0.717) is 5.56 Å². The van der Waals surface area contributed by atoms with E-state index in [1.807, 2.05) is 44.2 Å². The molecule has 3 rings (SSSR count). The number of benzene rings is 1. The largest absolute Gasteiger partial charge is 0.351 e. The number of fused-ring (bicyclic) bond motifs is 1. The van der Waals surface area contributed by atoms with Crippen molar-refractivity contribution in [3.05, 3.63) is 67.5 Å². The Labute approximate surface area is 149 Å². The molecule has 5 heteroatoms. The van der Waals surface area contributed by atoms with E-state index in [9.17, 15) is 9.59 Å². The Morgan fingerprint density at radius 1 is 1.29 bits per heavy atom. The minimum absolute atomic E-state index is 0.102. The average Bonchev–Trinajstić information content (AvgIpc) is 2.99. The lowest BCUT2D eigenvalue weighted by Gasteiger charge is -2.25. The molecule has 0 saturated carbocycles. The zero-order valence-electron chi connectivity index (χ0n) is 13.9. The van der Waals surface area contributed by atoms with Gasteiger partial charge in [0.15, 0.2) is 0 Å². The second kappa shape index (κ2) is 6.55. The molecule has 1 aromatic heterocycles. The summed E-state index contributed by atoms with van der Waals surface area (Å²) in [6.45, 7) is 4.01. The van der Waals surface area contributed by atoms with E-state index >= 15 is 0 Å². The third-order valence-corrected chi connectivity index (χ3v) is 5.41. The molecule has 2 aromatic rings. The van der Waals surface area contributed by atoms with Gasteiger partial charge in [0.2, 0.25) is 5.91 Å². The third-order valence-electron chi connectivity index (χ3n) is 4.72. The number of hydrogen-bond acceptors (Lipinski definition) is 2. The Kier molecular flexibility index (Phi) is 4.63. The van der Waals surface area contributed by atoms with E-state index < -0.39 is 5.41 Å². The molecule has 0 radical (unpaired) electrons. The van der Waals surface area contributed by atoms with Gasteiger partial charge in [0.1, 0.15) is 0 Å². The highest BCUT2D eigenvalue weighted by Crippen LogP contribution is 2.30. The molecule has 1 aliphatic rings. The van der Waals surface area contributed by atoms with E-state index in [2.05, 4.69) is 26.2 Å². The summed E-state index contributed by atoms with van der Waals surface area (Å²) in [4.78, 5) is 27.8. The van der Waals surface area contributed by atoms with Gasteiger partial charge in [-0.1, -0.05) is 34.1 Å². The lowest BCUT2D eigenvalue weighted by atomic mass is 9.83. The lowest BCUT2D eigenvalue weighted by molar-refractivity contribution is -0.125. The first-order chi connectivity index (χ1) is 11.4. The van der Waals surface area contributed by atoms with Gasteiger partial charge in [0.25, 0.3) is 5.56 Å². The van der Waals surface area contributed by atoms with Crippen LogP contribution in [0.25, 0.3) is 0 Å². The Morgan fingerprint density at radius 3 is 2.79 bits per heavy atom. The zero-order chi connectivity index (χ0) is 17.3. The maximum atomic E-state index is 12.7. The van der Waals surface area contributed by atoms with Crippen molar-refractivity contribution in [2.45, 2.75) is 45.1 Å². The maximum Gasteiger partial charge on any atom is 0.253 e. The minimum atomic E-state index is -0.691. The Balaban J connectivity index is 1.76. The van der Waals surface area contributed by atoms with Crippen LogP contribution in [0.15, 0.2) is 39.6 Å². The van der Waals surface area contributed by atoms with Crippen LogP contribution in [0.2, 0.25) is 0 Å². The van der Waals surface area contributed by atoms with Crippen LogP contribution in [0, 0.1) is 0 Å². The number of aromatic amines is 1. The standard InChI is InChI=1S/C19H21BrN2O2/c1-19(2,14-7-3-4-8-15(14)20)18(24)21-11-13-10-12-6-5-9-16(12)22-17(13)23/h3-4,7-8,10H,5-6,9,11H2,1-2H3,(H,21,24)(H,22,23). The molecule has 0 aliphatic heterocycles. The van der Waals surface area contributed by atoms with Crippen molar-refractivity contribution in [3.8, 4) is 0 Å². The number of amides is 1. The molecule has 1 heterocycles. The predicted molar refractivity (Wildman–Crippen MR) is 98.1 cm³/mol. The fourth-order valence-corrected chi connectivity index (χ4v) is 3.96. The number of aryl methyl sites for hydroxylation is 2. The fraction of sp³-hybridized carbons (Fsp3) is 0.368. The average molecular weight is 389 g/mol. The summed E-state index contributed by atoms with van der Waals surface area (Å²) in [5.41, 5.74) is 2.99. The highest BCUT2D eigenvalue weighted by Gasteiger charge is 2.31. The molecule has 0 bridgehead atoms. The summed E-state index contributed by atoms with van der Waals surface area (Å²) in [6, 6.07) is 9.64. The van der Waals surface area contributed by atoms with Crippen LogP contribution in [0.5, 0.6) is 0 Å². The highest BCUT2D eigenvalue weighted by atomic mass is 79.9. The van der Waals surface area contributed by atoms with Crippen molar-refractivity contribution in [2.24, 2.45) is 0 Å². The summed E-state index contributed by atoms with van der Waals surface area (Å²) in [5, 5.41) is 2.92. The molecule has 0 unspecified atom stereocenters. The van der Waals surface area contributed by atoms with Crippen molar-refractivity contribution in [1.29, 1.82) is 0 Å². The van der Waals surface area contributed by atoms with E-state index in [-0.39, 0.29) is 18.0 Å². The first-order valence-electron chi connectivity index (χ1n) is 8.17. The van der Waals surface area contributed by atoms with Crippen molar-refractivity contribution >= 4 is 21.8 Å². The van der Waals surface area contributed by atoms with E-state index in [1.165, 1.54) is 5.56 Å². The van der Waals surface area contributed by atoms with Crippen molar-refractivity contribution < 1.29 is 4.79 Å². The van der Waals surface area contributed by atoms with Gasteiger partial charge >= 0.3 is 0 Å². The van der Waals surface area contributed by atoms with E-state index in [1.54, 1.807) is 0 Å². The van der Waals surface area contributed by atoms with Gasteiger partial charge in [-0.2, -0.15) is 0 Å². The Morgan fingerprint density at radius 2 is 2.04 bits per heavy atom. The highest BCUT2D eigenvalue weighted by molar-refractivity contribution is 9.10. The molecule has 0 spiro atoms. The van der Waals surface area contributed by atoms with E-state index in [0.717, 1.165) is 35.0 Å². The SMILES string of the molecule is CC(C)(C(=O)NCc1cc2c([nH]c1=O)CCC2)c1ccccc1Br. The van der Waals surface area contributed by atoms with Crippen LogP contribution in [0.3, 0.4) is 0 Å². The molecule has 0 atom stereocenters. The zero-order valence-corrected chi connectivity index (χ0v) is 15.5. The number of carbonyl (C=O) groups is 1. The first-order valence-corrected chi connectivity index (χ1v) is 8.96. The van der Waals surface area contributed by atoms with Crippen LogP contribution >= 0.6 is 15.9 Å². The third kappa shape index (κ3) is 3.18. The van der Waals surface area contributed by atoms with Crippen molar-refractivity contribution in [2.75, 3.05) is 0 Å². The first kappa shape index (κ1) is 17.0. The van der Waals surface area contributed by atoms with Gasteiger partial charge in [0.05, 0.1) is 5.41 Å². The number of aromatic nitrogens is 1. The predicted octanol–water partition coefficient (Wildman–Crippen LogP) is 3.22. The van der Waals surface area contributed by atoms with Crippen LogP contribution in [-0.4, -0.2) is 10.9 Å². The van der Waals surface area contributed by atoms with Gasteiger partial charge in [-0.15, -0.1) is 0 Å². The summed E-state index contributed by atoms with van der Waals surface area (Å²) >= 11 is 3.51. The van der Waals surface area contributed by atoms with Gasteiger partial charge in [-0.3, -0.25) is 9.59 Å². The second-order valence-corrected chi connectivity index (χ2v) is 7.62. The summed E-state index contributed by atoms with van der Waals surface area (Å²) < 4.78 is 0.903. The molecule has 1 amide bonds. The molecule has 24 heavy (non-hydrogen) atoms. The molecular formula is C19H21BrN2O2. The number of halogens is 1. The monoisotopic (exact) mass is 388 g/mol. The summed E-state index contributed by atoms with van der Waals surface area (Å²) in [6.07, 6.45) is 3.01. The molecular weight excluding hydrogens is 368 g/mol. The molecule has 0 saturated heterocycles. The van der Waals surface area contributed by atoms with Gasteiger partial charge in [-0.05, 0) is 56.4 Å². The number of nitrogens with one attached hydrogen (secondary N) is 2. The molecule has 0 fully saturated rings. The summed E-state index contributed by atoms with van der Waals surface area (Å²) in [5.74, 6) is -0.103. The van der Waals surface area contributed by atoms with Crippen molar-refractivity contribution in [1.82, 2.24) is 10.3 Å². The molecule has 1 aromatic carbocycles. The lowest BCUT2D eigenvalue weighted by Crippen LogP contribution is -2.40. The van der Waals surface area contributed by atoms with Crippen molar-refractivity contribution in [3.63, 3.8) is 0 Å². The number of rotatable bonds is 4. The van der Waals surface area contributed by atoms with Crippen LogP contribution in [-0.2, 0) is 29.6 Å². The fourth-order valence-electron chi connectivity index (χ4n) is 3.18. The molecule has 2 N–H and O–H groups in total. The molecule has 126 valence electrons. The minimum Gasteiger partial charge on any atom is -0.351 e.